The fourth-order valence-corrected chi connectivity index (χ4v) is 10.9. The van der Waals surface area contributed by atoms with E-state index in [1.54, 1.807) is 16.3 Å². The van der Waals surface area contributed by atoms with Gasteiger partial charge in [-0.3, -0.25) is 19.2 Å². The molecule has 5 amide bonds. The van der Waals surface area contributed by atoms with Crippen LogP contribution < -0.4 is 21.3 Å². The number of ketones is 1. The summed E-state index contributed by atoms with van der Waals surface area (Å²) in [6.45, 7) is 15.6. The molecule has 2 saturated carbocycles. The average molecular weight is 761 g/mol. The molecule has 0 radical (unpaired) electrons. The van der Waals surface area contributed by atoms with Crippen molar-refractivity contribution >= 4 is 50.9 Å². The molecule has 1 unspecified atom stereocenters. The first-order valence-electron chi connectivity index (χ1n) is 18.5. The zero-order valence-corrected chi connectivity index (χ0v) is 33.0. The number of nitrogens with zero attached hydrogens (tertiary/aromatic N) is 2. The Morgan fingerprint density at radius 2 is 1.67 bits per heavy atom. The molecule has 3 fully saturated rings. The largest absolute Gasteiger partial charge is 0.346 e. The number of nitrogens with one attached hydrogen (secondary N) is 4. The molecule has 6 atom stereocenters. The lowest BCUT2D eigenvalue weighted by atomic mass is 9.80. The summed E-state index contributed by atoms with van der Waals surface area (Å²) in [6.07, 6.45) is 7.26. The van der Waals surface area contributed by atoms with Crippen LogP contribution in [0.1, 0.15) is 91.4 Å². The zero-order chi connectivity index (χ0) is 38.2. The van der Waals surface area contributed by atoms with E-state index in [9.17, 15) is 32.4 Å². The van der Waals surface area contributed by atoms with E-state index in [1.165, 1.54) is 21.7 Å². The molecule has 1 aromatic heterocycles. The standard InChI is InChI=1S/C37H56N6O7S2/c1-8-16-38-33(46)30(44)25(18-22-11-9-12-22)39-32(45)29-24-14-10-13-23(24)19-43(29)34(47)31(37(5,6)7)41-35(48)40-28(36(2,3)4)21-42-20-26-27(15-17-51-26)52(42,49)50/h8,15,17,22-25,28-29,31H,1,9-14,16,18-21H2,2-7H3,(H,38,46)(H,39,45)(H2,40,41,48)/t23-,24-,25?,28+,29-,31+/m0/s1. The van der Waals surface area contributed by atoms with Gasteiger partial charge in [0.1, 0.15) is 12.1 Å². The number of hydrogen-bond donors (Lipinski definition) is 4. The number of rotatable bonds is 13. The van der Waals surface area contributed by atoms with Gasteiger partial charge in [-0.1, -0.05) is 73.3 Å². The molecule has 52 heavy (non-hydrogen) atoms. The number of sulfonamides is 1. The van der Waals surface area contributed by atoms with E-state index in [0.717, 1.165) is 43.4 Å². The summed E-state index contributed by atoms with van der Waals surface area (Å²) in [5.41, 5.74) is -1.29. The monoisotopic (exact) mass is 760 g/mol. The number of likely N-dealkylation sites (tertiary alicyclic amines) is 1. The normalized spacial score (nSPS) is 24.5. The van der Waals surface area contributed by atoms with E-state index < -0.39 is 74.6 Å². The van der Waals surface area contributed by atoms with Gasteiger partial charge in [-0.25, -0.2) is 13.2 Å². The van der Waals surface area contributed by atoms with E-state index >= 15 is 0 Å². The van der Waals surface area contributed by atoms with Crippen LogP contribution in [-0.4, -0.2) is 91.0 Å². The van der Waals surface area contributed by atoms with Crippen LogP contribution in [0.15, 0.2) is 29.0 Å². The smallest absolute Gasteiger partial charge is 0.315 e. The van der Waals surface area contributed by atoms with Crippen molar-refractivity contribution in [3.63, 3.8) is 0 Å². The van der Waals surface area contributed by atoms with Crippen LogP contribution >= 0.6 is 11.3 Å². The first-order valence-corrected chi connectivity index (χ1v) is 20.8. The summed E-state index contributed by atoms with van der Waals surface area (Å²) < 4.78 is 27.9. The third kappa shape index (κ3) is 8.57. The molecule has 13 nitrogen and oxygen atoms in total. The van der Waals surface area contributed by atoms with Crippen LogP contribution in [-0.2, 0) is 35.7 Å². The predicted octanol–water partition coefficient (Wildman–Crippen LogP) is 3.55. The van der Waals surface area contributed by atoms with Gasteiger partial charge in [-0.05, 0) is 59.3 Å². The highest BCUT2D eigenvalue weighted by atomic mass is 32.2. The van der Waals surface area contributed by atoms with Crippen molar-refractivity contribution in [1.29, 1.82) is 0 Å². The number of carbonyl (C=O) groups excluding carboxylic acids is 5. The van der Waals surface area contributed by atoms with Gasteiger partial charge >= 0.3 is 6.03 Å². The molecule has 0 aromatic carbocycles. The van der Waals surface area contributed by atoms with Crippen molar-refractivity contribution in [2.24, 2.45) is 28.6 Å². The number of urea groups is 1. The van der Waals surface area contributed by atoms with Crippen molar-refractivity contribution in [3.8, 4) is 0 Å². The van der Waals surface area contributed by atoms with Crippen molar-refractivity contribution < 1.29 is 32.4 Å². The van der Waals surface area contributed by atoms with Crippen LogP contribution in [0.5, 0.6) is 0 Å². The maximum absolute atomic E-state index is 14.6. The quantitative estimate of drug-likeness (QED) is 0.176. The Kier molecular flexibility index (Phi) is 12.0. The second-order valence-corrected chi connectivity index (χ2v) is 20.0. The van der Waals surface area contributed by atoms with E-state index in [0.29, 0.717) is 17.9 Å². The molecule has 4 aliphatic rings. The number of amides is 5. The molecule has 0 bridgehead atoms. The fraction of sp³-hybridized carbons (Fsp3) is 0.703. The van der Waals surface area contributed by atoms with Gasteiger partial charge in [0.2, 0.25) is 27.6 Å². The highest BCUT2D eigenvalue weighted by Crippen LogP contribution is 2.43. The number of fused-ring (bicyclic) bond motifs is 2. The summed E-state index contributed by atoms with van der Waals surface area (Å²) in [5.74, 6) is -2.13. The number of Topliss-reactive ketones (excluding diaryl/α,β-unsaturated/α-hetero) is 1. The Balaban J connectivity index is 1.32. The van der Waals surface area contributed by atoms with Gasteiger partial charge in [0, 0.05) is 37.1 Å². The van der Waals surface area contributed by atoms with Crippen LogP contribution in [0.25, 0.3) is 0 Å². The molecule has 15 heteroatoms. The summed E-state index contributed by atoms with van der Waals surface area (Å²) in [5, 5.41) is 13.1. The lowest BCUT2D eigenvalue weighted by Crippen LogP contribution is -2.62. The molecule has 2 aliphatic carbocycles. The van der Waals surface area contributed by atoms with E-state index in [4.69, 9.17) is 0 Å². The SMILES string of the molecule is C=CCNC(=O)C(=O)C(CC1CCC1)NC(=O)[C@@H]1[C@H]2CCC[C@H]2CN1C(=O)[C@@H](NC(=O)N[C@H](CN1Cc2sccc2S1(=O)=O)C(C)(C)C)C(C)(C)C. The van der Waals surface area contributed by atoms with Gasteiger partial charge in [-0.15, -0.1) is 17.9 Å². The van der Waals surface area contributed by atoms with Crippen molar-refractivity contribution in [1.82, 2.24) is 30.5 Å². The highest BCUT2D eigenvalue weighted by molar-refractivity contribution is 7.89. The molecule has 1 saturated heterocycles. The maximum atomic E-state index is 14.6. The van der Waals surface area contributed by atoms with Crippen LogP contribution in [0.3, 0.4) is 0 Å². The van der Waals surface area contributed by atoms with Crippen molar-refractivity contribution in [3.05, 3.63) is 29.0 Å². The molecule has 1 aromatic rings. The van der Waals surface area contributed by atoms with Gasteiger partial charge in [0.05, 0.1) is 10.9 Å². The third-order valence-corrected chi connectivity index (χ3v) is 14.2. The first-order chi connectivity index (χ1) is 24.3. The van der Waals surface area contributed by atoms with Crippen LogP contribution in [0.2, 0.25) is 0 Å². The Morgan fingerprint density at radius 3 is 2.27 bits per heavy atom. The Hall–Kier alpha value is -3.30. The predicted molar refractivity (Wildman–Crippen MR) is 199 cm³/mol. The first kappa shape index (κ1) is 39.9. The third-order valence-electron chi connectivity index (χ3n) is 11.3. The molecular formula is C37H56N6O7S2. The minimum Gasteiger partial charge on any atom is -0.346 e. The van der Waals surface area contributed by atoms with E-state index in [-0.39, 0.29) is 37.4 Å². The summed E-state index contributed by atoms with van der Waals surface area (Å²) in [6, 6.07) is -2.49. The lowest BCUT2D eigenvalue weighted by molar-refractivity contribution is -0.144. The average Bonchev–Trinajstić information content (AvgIpc) is 3.81. The van der Waals surface area contributed by atoms with Crippen molar-refractivity contribution in [2.45, 2.75) is 122 Å². The second kappa shape index (κ2) is 15.6. The Morgan fingerprint density at radius 1 is 0.981 bits per heavy atom. The lowest BCUT2D eigenvalue weighted by Gasteiger charge is -2.38. The molecule has 2 aliphatic heterocycles. The van der Waals surface area contributed by atoms with Gasteiger partial charge in [-0.2, -0.15) is 4.31 Å². The highest BCUT2D eigenvalue weighted by Gasteiger charge is 2.52. The second-order valence-electron chi connectivity index (χ2n) is 17.1. The molecule has 5 rings (SSSR count). The van der Waals surface area contributed by atoms with Crippen molar-refractivity contribution in [2.75, 3.05) is 19.6 Å². The molecule has 4 N–H and O–H groups in total. The molecule has 3 heterocycles. The molecule has 0 spiro atoms. The van der Waals surface area contributed by atoms with Gasteiger partial charge < -0.3 is 26.2 Å². The minimum atomic E-state index is -3.69. The number of hydrogen-bond acceptors (Lipinski definition) is 8. The Bertz CT molecular complexity index is 1660. The minimum absolute atomic E-state index is 0.0544. The Labute approximate surface area is 312 Å². The fourth-order valence-electron chi connectivity index (χ4n) is 7.93. The molecule has 288 valence electrons. The summed E-state index contributed by atoms with van der Waals surface area (Å²) in [4.78, 5) is 71.2. The molecular weight excluding hydrogens is 705 g/mol. The number of thiophene rings is 1. The van der Waals surface area contributed by atoms with E-state index in [1.807, 2.05) is 41.5 Å². The van der Waals surface area contributed by atoms with Gasteiger partial charge in [0.25, 0.3) is 5.91 Å². The number of carbonyl (C=O) groups is 5. The topological polar surface area (TPSA) is 174 Å². The summed E-state index contributed by atoms with van der Waals surface area (Å²) in [7, 11) is -3.69. The summed E-state index contributed by atoms with van der Waals surface area (Å²) >= 11 is 1.39. The van der Waals surface area contributed by atoms with Gasteiger partial charge in [0.15, 0.2) is 0 Å². The van der Waals surface area contributed by atoms with Crippen LogP contribution in [0, 0.1) is 28.6 Å². The van der Waals surface area contributed by atoms with Crippen LogP contribution in [0.4, 0.5) is 4.79 Å². The van der Waals surface area contributed by atoms with E-state index in [2.05, 4.69) is 27.8 Å². The zero-order valence-electron chi connectivity index (χ0n) is 31.3. The maximum Gasteiger partial charge on any atom is 0.315 e.